The summed E-state index contributed by atoms with van der Waals surface area (Å²) in [6, 6.07) is 13.6. The van der Waals surface area contributed by atoms with Gasteiger partial charge in [-0.3, -0.25) is 29.5 Å². The number of non-ortho nitro benzene ring substituents is 1. The van der Waals surface area contributed by atoms with Gasteiger partial charge < -0.3 is 4.90 Å². The van der Waals surface area contributed by atoms with Crippen LogP contribution < -0.4 is 9.80 Å². The molecule has 0 radical (unpaired) electrons. The summed E-state index contributed by atoms with van der Waals surface area (Å²) in [5.41, 5.74) is 2.16. The SMILES string of the molecule is O=C1C(=O)N(CN2CCN(c3ccc([N+](=O)[O-])cc3)CC2)c2ccccc21. The Bertz CT molecular complexity index is 904. The fourth-order valence-corrected chi connectivity index (χ4v) is 3.52. The van der Waals surface area contributed by atoms with Crippen molar-refractivity contribution in [3.8, 4) is 0 Å². The maximum absolute atomic E-state index is 12.3. The predicted octanol–water partition coefficient (Wildman–Crippen LogP) is 1.90. The van der Waals surface area contributed by atoms with Crippen LogP contribution in [0.1, 0.15) is 10.4 Å². The van der Waals surface area contributed by atoms with E-state index in [9.17, 15) is 19.7 Å². The Morgan fingerprint density at radius 3 is 2.26 bits per heavy atom. The summed E-state index contributed by atoms with van der Waals surface area (Å²) < 4.78 is 0. The molecular weight excluding hydrogens is 348 g/mol. The molecule has 8 heteroatoms. The van der Waals surface area contributed by atoms with Crippen molar-refractivity contribution in [3.63, 3.8) is 0 Å². The van der Waals surface area contributed by atoms with Crippen molar-refractivity contribution in [2.75, 3.05) is 42.6 Å². The second kappa shape index (κ2) is 6.81. The highest BCUT2D eigenvalue weighted by Crippen LogP contribution is 2.29. The normalized spacial score (nSPS) is 17.3. The smallest absolute Gasteiger partial charge is 0.300 e. The molecular formula is C19H18N4O4. The molecule has 0 bridgehead atoms. The Labute approximate surface area is 155 Å². The van der Waals surface area contributed by atoms with Gasteiger partial charge in [-0.1, -0.05) is 12.1 Å². The molecule has 0 saturated carbocycles. The third-order valence-corrected chi connectivity index (χ3v) is 5.02. The second-order valence-corrected chi connectivity index (χ2v) is 6.60. The number of rotatable bonds is 4. The van der Waals surface area contributed by atoms with Crippen LogP contribution in [0.15, 0.2) is 48.5 Å². The number of piperazine rings is 1. The Hall–Kier alpha value is -3.26. The molecule has 2 heterocycles. The Morgan fingerprint density at radius 1 is 0.926 bits per heavy atom. The molecule has 1 saturated heterocycles. The fourth-order valence-electron chi connectivity index (χ4n) is 3.52. The number of Topliss-reactive ketones (excluding diaryl/α,β-unsaturated/α-hetero) is 1. The molecule has 27 heavy (non-hydrogen) atoms. The first kappa shape index (κ1) is 17.2. The summed E-state index contributed by atoms with van der Waals surface area (Å²) in [5.74, 6) is -0.927. The summed E-state index contributed by atoms with van der Waals surface area (Å²) in [6.07, 6.45) is 0. The number of hydrogen-bond acceptors (Lipinski definition) is 6. The van der Waals surface area contributed by atoms with Crippen LogP contribution in [0.3, 0.4) is 0 Å². The lowest BCUT2D eigenvalue weighted by Crippen LogP contribution is -2.51. The standard InChI is InChI=1S/C19H18N4O4/c24-18-16-3-1-2-4-17(16)22(19(18)25)13-20-9-11-21(12-10-20)14-5-7-15(8-6-14)23(26)27/h1-8H,9-13H2. The monoisotopic (exact) mass is 366 g/mol. The van der Waals surface area contributed by atoms with Gasteiger partial charge in [-0.15, -0.1) is 0 Å². The van der Waals surface area contributed by atoms with Gasteiger partial charge in [-0.05, 0) is 24.3 Å². The van der Waals surface area contributed by atoms with Gasteiger partial charge >= 0.3 is 5.91 Å². The number of carbonyl (C=O) groups is 2. The van der Waals surface area contributed by atoms with E-state index in [0.29, 0.717) is 17.9 Å². The van der Waals surface area contributed by atoms with E-state index in [1.54, 1.807) is 35.2 Å². The third-order valence-electron chi connectivity index (χ3n) is 5.02. The predicted molar refractivity (Wildman–Crippen MR) is 100 cm³/mol. The lowest BCUT2D eigenvalue weighted by Gasteiger charge is -2.37. The number of nitro groups is 1. The van der Waals surface area contributed by atoms with Crippen LogP contribution in [-0.4, -0.2) is 54.4 Å². The first-order valence-electron chi connectivity index (χ1n) is 8.71. The molecule has 8 nitrogen and oxygen atoms in total. The van der Waals surface area contributed by atoms with Crippen molar-refractivity contribution in [1.29, 1.82) is 0 Å². The molecule has 2 aromatic rings. The average Bonchev–Trinajstić information content (AvgIpc) is 2.94. The molecule has 0 spiro atoms. The maximum Gasteiger partial charge on any atom is 0.300 e. The maximum atomic E-state index is 12.3. The van der Waals surface area contributed by atoms with Crippen LogP contribution >= 0.6 is 0 Å². The summed E-state index contributed by atoms with van der Waals surface area (Å²) in [7, 11) is 0. The molecule has 0 aliphatic carbocycles. The number of hydrogen-bond donors (Lipinski definition) is 0. The van der Waals surface area contributed by atoms with E-state index in [2.05, 4.69) is 9.80 Å². The van der Waals surface area contributed by atoms with E-state index >= 15 is 0 Å². The second-order valence-electron chi connectivity index (χ2n) is 6.60. The molecule has 2 aliphatic rings. The molecule has 1 fully saturated rings. The highest BCUT2D eigenvalue weighted by molar-refractivity contribution is 6.52. The summed E-state index contributed by atoms with van der Waals surface area (Å²) in [4.78, 5) is 40.6. The zero-order chi connectivity index (χ0) is 19.0. The van der Waals surface area contributed by atoms with Crippen molar-refractivity contribution in [1.82, 2.24) is 4.90 Å². The van der Waals surface area contributed by atoms with Gasteiger partial charge in [0.2, 0.25) is 0 Å². The molecule has 0 atom stereocenters. The van der Waals surface area contributed by atoms with Gasteiger partial charge in [0.25, 0.3) is 11.5 Å². The highest BCUT2D eigenvalue weighted by Gasteiger charge is 2.36. The Morgan fingerprint density at radius 2 is 1.59 bits per heavy atom. The van der Waals surface area contributed by atoms with Crippen molar-refractivity contribution >= 4 is 28.8 Å². The van der Waals surface area contributed by atoms with E-state index < -0.39 is 16.6 Å². The molecule has 4 rings (SSSR count). The lowest BCUT2D eigenvalue weighted by molar-refractivity contribution is -0.384. The number of ketones is 1. The van der Waals surface area contributed by atoms with Gasteiger partial charge in [0.05, 0.1) is 22.8 Å². The van der Waals surface area contributed by atoms with E-state index in [0.717, 1.165) is 31.9 Å². The van der Waals surface area contributed by atoms with Gasteiger partial charge in [0, 0.05) is 44.0 Å². The van der Waals surface area contributed by atoms with Crippen molar-refractivity contribution < 1.29 is 14.5 Å². The molecule has 2 aromatic carbocycles. The largest absolute Gasteiger partial charge is 0.369 e. The fraction of sp³-hybridized carbons (Fsp3) is 0.263. The van der Waals surface area contributed by atoms with Crippen LogP contribution in [0, 0.1) is 10.1 Å². The number of para-hydroxylation sites is 1. The van der Waals surface area contributed by atoms with E-state index in [1.807, 2.05) is 6.07 Å². The number of nitrogens with zero attached hydrogens (tertiary/aromatic N) is 4. The molecule has 138 valence electrons. The van der Waals surface area contributed by atoms with Crippen LogP contribution in [0.5, 0.6) is 0 Å². The minimum atomic E-state index is -0.478. The van der Waals surface area contributed by atoms with Gasteiger partial charge in [0.1, 0.15) is 0 Å². The van der Waals surface area contributed by atoms with Gasteiger partial charge in [0.15, 0.2) is 0 Å². The number of fused-ring (bicyclic) bond motifs is 1. The van der Waals surface area contributed by atoms with Crippen molar-refractivity contribution in [2.45, 2.75) is 0 Å². The van der Waals surface area contributed by atoms with Crippen LogP contribution in [0.2, 0.25) is 0 Å². The first-order chi connectivity index (χ1) is 13.0. The molecule has 2 aliphatic heterocycles. The zero-order valence-electron chi connectivity index (χ0n) is 14.6. The lowest BCUT2D eigenvalue weighted by atomic mass is 10.1. The number of anilines is 2. The van der Waals surface area contributed by atoms with Gasteiger partial charge in [-0.25, -0.2) is 0 Å². The average molecular weight is 366 g/mol. The van der Waals surface area contributed by atoms with E-state index in [1.165, 1.54) is 12.1 Å². The molecule has 0 N–H and O–H groups in total. The van der Waals surface area contributed by atoms with E-state index in [4.69, 9.17) is 0 Å². The highest BCUT2D eigenvalue weighted by atomic mass is 16.6. The van der Waals surface area contributed by atoms with Crippen molar-refractivity contribution in [3.05, 3.63) is 64.2 Å². The molecule has 0 aromatic heterocycles. The summed E-state index contributed by atoms with van der Waals surface area (Å²) in [5, 5.41) is 10.8. The van der Waals surface area contributed by atoms with Gasteiger partial charge in [-0.2, -0.15) is 0 Å². The Balaban J connectivity index is 1.39. The zero-order valence-corrected chi connectivity index (χ0v) is 14.6. The Kier molecular flexibility index (Phi) is 4.33. The molecule has 1 amide bonds. The van der Waals surface area contributed by atoms with Crippen LogP contribution in [-0.2, 0) is 4.79 Å². The summed E-state index contributed by atoms with van der Waals surface area (Å²) >= 11 is 0. The first-order valence-corrected chi connectivity index (χ1v) is 8.71. The number of carbonyl (C=O) groups excluding carboxylic acids is 2. The minimum Gasteiger partial charge on any atom is -0.369 e. The topological polar surface area (TPSA) is 87.0 Å². The molecule has 0 unspecified atom stereocenters. The van der Waals surface area contributed by atoms with Crippen LogP contribution in [0.25, 0.3) is 0 Å². The quantitative estimate of drug-likeness (QED) is 0.467. The summed E-state index contributed by atoms with van der Waals surface area (Å²) in [6.45, 7) is 3.34. The number of nitro benzene ring substituents is 1. The minimum absolute atomic E-state index is 0.0771. The number of amides is 1. The van der Waals surface area contributed by atoms with Crippen molar-refractivity contribution in [2.24, 2.45) is 0 Å². The third kappa shape index (κ3) is 3.15. The number of benzene rings is 2. The van der Waals surface area contributed by atoms with Crippen LogP contribution in [0.4, 0.5) is 17.1 Å². The van der Waals surface area contributed by atoms with E-state index in [-0.39, 0.29) is 5.69 Å².